The van der Waals surface area contributed by atoms with Gasteiger partial charge in [0, 0.05) is 11.9 Å². The summed E-state index contributed by atoms with van der Waals surface area (Å²) in [6, 6.07) is 0. The number of nitrogens with one attached hydrogen (secondary N) is 1. The zero-order valence-electron chi connectivity index (χ0n) is 9.88. The molecule has 0 unspecified atom stereocenters. The second kappa shape index (κ2) is 7.69. The van der Waals surface area contributed by atoms with Gasteiger partial charge in [-0.25, -0.2) is 4.98 Å². The molecule has 0 bridgehead atoms. The molecule has 86 valence electrons. The monoisotopic (exact) mass is 226 g/mol. The van der Waals surface area contributed by atoms with Crippen LogP contribution in [-0.4, -0.2) is 11.5 Å². The average molecular weight is 226 g/mol. The normalized spacial score (nSPS) is 10.5. The number of nitrogens with zero attached hydrogens (tertiary/aromatic N) is 1. The molecule has 0 amide bonds. The van der Waals surface area contributed by atoms with E-state index in [-0.39, 0.29) is 0 Å². The predicted molar refractivity (Wildman–Crippen MR) is 68.7 cm³/mol. The zero-order valence-corrected chi connectivity index (χ0v) is 10.7. The number of anilines is 1. The number of aromatic nitrogens is 1. The van der Waals surface area contributed by atoms with Gasteiger partial charge in [0.1, 0.15) is 0 Å². The summed E-state index contributed by atoms with van der Waals surface area (Å²) in [5.74, 6) is 0. The van der Waals surface area contributed by atoms with Crippen molar-refractivity contribution in [1.82, 2.24) is 4.98 Å². The Morgan fingerprint density at radius 2 is 2.07 bits per heavy atom. The minimum atomic E-state index is 1.03. The molecule has 1 aromatic rings. The van der Waals surface area contributed by atoms with Crippen molar-refractivity contribution >= 4 is 16.5 Å². The molecule has 2 nitrogen and oxygen atoms in total. The Labute approximate surface area is 97.1 Å². The fourth-order valence-corrected chi connectivity index (χ4v) is 2.24. The topological polar surface area (TPSA) is 24.9 Å². The number of unbranched alkanes of at least 4 members (excludes halogenated alkanes) is 3. The van der Waals surface area contributed by atoms with Crippen molar-refractivity contribution in [2.24, 2.45) is 0 Å². The van der Waals surface area contributed by atoms with Crippen molar-refractivity contribution in [3.63, 3.8) is 0 Å². The first-order valence-electron chi connectivity index (χ1n) is 6.05. The smallest absolute Gasteiger partial charge is 0.182 e. The molecule has 0 saturated heterocycles. The van der Waals surface area contributed by atoms with E-state index in [1.807, 2.05) is 0 Å². The van der Waals surface area contributed by atoms with Crippen molar-refractivity contribution < 1.29 is 0 Å². The van der Waals surface area contributed by atoms with Gasteiger partial charge in [-0.3, -0.25) is 0 Å². The SMILES string of the molecule is CCCCCCc1csc(NCCC)n1. The molecule has 15 heavy (non-hydrogen) atoms. The van der Waals surface area contributed by atoms with E-state index in [4.69, 9.17) is 0 Å². The molecule has 1 aromatic heterocycles. The van der Waals surface area contributed by atoms with Crippen LogP contribution in [0.4, 0.5) is 5.13 Å². The van der Waals surface area contributed by atoms with Crippen LogP contribution in [0.15, 0.2) is 5.38 Å². The van der Waals surface area contributed by atoms with Crippen molar-refractivity contribution in [2.45, 2.75) is 52.4 Å². The minimum Gasteiger partial charge on any atom is -0.362 e. The minimum absolute atomic E-state index is 1.03. The maximum absolute atomic E-state index is 4.55. The largest absolute Gasteiger partial charge is 0.362 e. The van der Waals surface area contributed by atoms with Crippen LogP contribution in [0.25, 0.3) is 0 Å². The van der Waals surface area contributed by atoms with E-state index >= 15 is 0 Å². The van der Waals surface area contributed by atoms with Gasteiger partial charge < -0.3 is 5.32 Å². The van der Waals surface area contributed by atoms with E-state index in [1.54, 1.807) is 11.3 Å². The van der Waals surface area contributed by atoms with Gasteiger partial charge in [0.05, 0.1) is 5.69 Å². The lowest BCUT2D eigenvalue weighted by molar-refractivity contribution is 0.662. The molecule has 0 atom stereocenters. The van der Waals surface area contributed by atoms with Crippen LogP contribution >= 0.6 is 11.3 Å². The van der Waals surface area contributed by atoms with Gasteiger partial charge in [-0.05, 0) is 19.3 Å². The zero-order chi connectivity index (χ0) is 10.9. The molecule has 0 spiro atoms. The summed E-state index contributed by atoms with van der Waals surface area (Å²) >= 11 is 1.73. The van der Waals surface area contributed by atoms with E-state index in [2.05, 4.69) is 29.5 Å². The fourth-order valence-electron chi connectivity index (χ4n) is 1.47. The van der Waals surface area contributed by atoms with Gasteiger partial charge in [0.25, 0.3) is 0 Å². The lowest BCUT2D eigenvalue weighted by atomic mass is 10.1. The summed E-state index contributed by atoms with van der Waals surface area (Å²) < 4.78 is 0. The highest BCUT2D eigenvalue weighted by atomic mass is 32.1. The molecule has 0 fully saturated rings. The Hall–Kier alpha value is -0.570. The molecule has 0 aliphatic carbocycles. The van der Waals surface area contributed by atoms with Crippen LogP contribution in [0.2, 0.25) is 0 Å². The maximum atomic E-state index is 4.55. The van der Waals surface area contributed by atoms with Crippen LogP contribution in [-0.2, 0) is 6.42 Å². The lowest BCUT2D eigenvalue weighted by Gasteiger charge is -1.98. The molecule has 0 saturated carbocycles. The third-order valence-electron chi connectivity index (χ3n) is 2.36. The van der Waals surface area contributed by atoms with Crippen molar-refractivity contribution in [3.8, 4) is 0 Å². The lowest BCUT2D eigenvalue weighted by Crippen LogP contribution is -1.99. The molecule has 3 heteroatoms. The Kier molecular flexibility index (Phi) is 6.41. The van der Waals surface area contributed by atoms with Gasteiger partial charge in [-0.2, -0.15) is 0 Å². The first-order valence-corrected chi connectivity index (χ1v) is 6.93. The van der Waals surface area contributed by atoms with Crippen molar-refractivity contribution in [2.75, 3.05) is 11.9 Å². The Morgan fingerprint density at radius 3 is 2.80 bits per heavy atom. The van der Waals surface area contributed by atoms with Crippen molar-refractivity contribution in [3.05, 3.63) is 11.1 Å². The fraction of sp³-hybridized carbons (Fsp3) is 0.750. The molecular weight excluding hydrogens is 204 g/mol. The van der Waals surface area contributed by atoms with Gasteiger partial charge in [-0.15, -0.1) is 11.3 Å². The van der Waals surface area contributed by atoms with E-state index in [9.17, 15) is 0 Å². The number of rotatable bonds is 8. The summed E-state index contributed by atoms with van der Waals surface area (Å²) in [5, 5.41) is 6.59. The third kappa shape index (κ3) is 5.17. The molecule has 0 aliphatic heterocycles. The van der Waals surface area contributed by atoms with Crippen LogP contribution in [0.3, 0.4) is 0 Å². The highest BCUT2D eigenvalue weighted by molar-refractivity contribution is 7.13. The molecule has 1 heterocycles. The quantitative estimate of drug-likeness (QED) is 0.675. The predicted octanol–water partition coefficient (Wildman–Crippen LogP) is 4.09. The second-order valence-corrected chi connectivity index (χ2v) is 4.74. The molecular formula is C12H22N2S. The molecule has 0 radical (unpaired) electrons. The average Bonchev–Trinajstić information content (AvgIpc) is 2.69. The highest BCUT2D eigenvalue weighted by Crippen LogP contribution is 2.17. The first kappa shape index (κ1) is 12.5. The van der Waals surface area contributed by atoms with Gasteiger partial charge >= 0.3 is 0 Å². The summed E-state index contributed by atoms with van der Waals surface area (Å²) in [5.41, 5.74) is 1.26. The number of hydrogen-bond acceptors (Lipinski definition) is 3. The van der Waals surface area contributed by atoms with Crippen LogP contribution in [0.1, 0.15) is 51.6 Å². The van der Waals surface area contributed by atoms with Crippen molar-refractivity contribution in [1.29, 1.82) is 0 Å². The first-order chi connectivity index (χ1) is 7.36. The standard InChI is InChI=1S/C12H22N2S/c1-3-5-6-7-8-11-10-15-12(14-11)13-9-4-2/h10H,3-9H2,1-2H3,(H,13,14). The van der Waals surface area contributed by atoms with Gasteiger partial charge in [-0.1, -0.05) is 33.1 Å². The molecule has 0 aliphatic rings. The van der Waals surface area contributed by atoms with Crippen LogP contribution in [0, 0.1) is 0 Å². The summed E-state index contributed by atoms with van der Waals surface area (Å²) in [6.45, 7) is 5.45. The van der Waals surface area contributed by atoms with E-state index in [0.717, 1.165) is 24.5 Å². The second-order valence-electron chi connectivity index (χ2n) is 3.88. The maximum Gasteiger partial charge on any atom is 0.182 e. The van der Waals surface area contributed by atoms with E-state index in [0.29, 0.717) is 0 Å². The molecule has 0 aromatic carbocycles. The summed E-state index contributed by atoms with van der Waals surface area (Å²) in [7, 11) is 0. The number of aryl methyl sites for hydroxylation is 1. The number of thiazole rings is 1. The Bertz CT molecular complexity index is 258. The van der Waals surface area contributed by atoms with E-state index < -0.39 is 0 Å². The van der Waals surface area contributed by atoms with E-state index in [1.165, 1.54) is 31.4 Å². The Morgan fingerprint density at radius 1 is 1.20 bits per heavy atom. The van der Waals surface area contributed by atoms with Crippen LogP contribution in [0.5, 0.6) is 0 Å². The van der Waals surface area contributed by atoms with Gasteiger partial charge in [0.15, 0.2) is 5.13 Å². The highest BCUT2D eigenvalue weighted by Gasteiger charge is 2.00. The molecule has 1 N–H and O–H groups in total. The summed E-state index contributed by atoms with van der Waals surface area (Å²) in [4.78, 5) is 4.55. The van der Waals surface area contributed by atoms with Gasteiger partial charge in [0.2, 0.25) is 0 Å². The molecule has 1 rings (SSSR count). The van der Waals surface area contributed by atoms with Crippen LogP contribution < -0.4 is 5.32 Å². The third-order valence-corrected chi connectivity index (χ3v) is 3.21. The summed E-state index contributed by atoms with van der Waals surface area (Å²) in [6.07, 6.45) is 7.58. The Balaban J connectivity index is 2.20. The number of hydrogen-bond donors (Lipinski definition) is 1.